The number of nitrogens with zero attached hydrogens (tertiary/aromatic N) is 4. The molecule has 1 saturated heterocycles. The highest BCUT2D eigenvalue weighted by atomic mass is 31.3. The van der Waals surface area contributed by atoms with Crippen LogP contribution in [-0.2, 0) is 31.6 Å². The van der Waals surface area contributed by atoms with E-state index in [4.69, 9.17) is 10.5 Å². The Kier molecular flexibility index (Phi) is 9.42. The van der Waals surface area contributed by atoms with Gasteiger partial charge in [0.15, 0.2) is 17.7 Å². The van der Waals surface area contributed by atoms with Crippen molar-refractivity contribution in [2.24, 2.45) is 0 Å². The highest BCUT2D eigenvalue weighted by Gasteiger charge is 2.45. The SMILES string of the molecule is CCCCCCP(=O)([O-])OP(=O)([O-])OP(=O)([O-])OC[C@H]1O[C@@H](n2cnc3c(N)ncnc32)C(O)[C@H]1O. The molecule has 2 aromatic rings. The first kappa shape index (κ1) is 29.2. The smallest absolute Gasteiger partial charge is 0.279 e. The molecule has 0 saturated carbocycles. The zero-order chi connectivity index (χ0) is 26.7. The van der Waals surface area contributed by atoms with Crippen LogP contribution in [0.25, 0.3) is 11.2 Å². The molecule has 4 N–H and O–H groups in total. The third-order valence-electron chi connectivity index (χ3n) is 5.11. The second-order valence-electron chi connectivity index (χ2n) is 7.88. The van der Waals surface area contributed by atoms with Gasteiger partial charge in [-0.15, -0.1) is 0 Å². The molecule has 0 aliphatic carbocycles. The Hall–Kier alpha value is -1.32. The molecule has 4 unspecified atom stereocenters. The first-order valence-electron chi connectivity index (χ1n) is 10.7. The zero-order valence-electron chi connectivity index (χ0n) is 18.9. The third-order valence-corrected chi connectivity index (χ3v) is 9.83. The van der Waals surface area contributed by atoms with Crippen LogP contribution in [0.5, 0.6) is 0 Å². The molecule has 204 valence electrons. The predicted octanol–water partition coefficient (Wildman–Crippen LogP) is -0.852. The van der Waals surface area contributed by atoms with E-state index in [0.717, 1.165) is 19.2 Å². The maximum Gasteiger partial charge on any atom is 0.279 e. The van der Waals surface area contributed by atoms with Crippen molar-refractivity contribution in [3.63, 3.8) is 0 Å². The van der Waals surface area contributed by atoms with Crippen LogP contribution < -0.4 is 20.4 Å². The maximum absolute atomic E-state index is 12.0. The van der Waals surface area contributed by atoms with Gasteiger partial charge in [-0.05, 0) is 6.42 Å². The lowest BCUT2D eigenvalue weighted by Crippen LogP contribution is -2.34. The molecule has 36 heavy (non-hydrogen) atoms. The minimum Gasteiger partial charge on any atom is -0.778 e. The number of anilines is 1. The molecular weight excluding hydrogens is 547 g/mol. The van der Waals surface area contributed by atoms with Crippen molar-refractivity contribution in [3.8, 4) is 0 Å². The molecule has 0 amide bonds. The van der Waals surface area contributed by atoms with E-state index in [2.05, 4.69) is 28.1 Å². The summed E-state index contributed by atoms with van der Waals surface area (Å²) in [7, 11) is -16.5. The first-order chi connectivity index (χ1) is 16.8. The Balaban J connectivity index is 1.59. The van der Waals surface area contributed by atoms with Gasteiger partial charge in [0, 0.05) is 6.16 Å². The summed E-state index contributed by atoms with van der Waals surface area (Å²) in [5, 5.41) is 20.6. The lowest BCUT2D eigenvalue weighted by Gasteiger charge is -2.35. The topological polar surface area (TPSA) is 267 Å². The fourth-order valence-corrected chi connectivity index (χ4v) is 7.45. The number of unbranched alkanes of at least 4 members (excludes halogenated alkanes) is 3. The summed E-state index contributed by atoms with van der Waals surface area (Å²) < 4.78 is 54.5. The van der Waals surface area contributed by atoms with Crippen LogP contribution in [0, 0.1) is 0 Å². The lowest BCUT2D eigenvalue weighted by molar-refractivity contribution is -0.246. The molecule has 0 radical (unpaired) electrons. The van der Waals surface area contributed by atoms with Gasteiger partial charge in [-0.3, -0.25) is 18.0 Å². The van der Waals surface area contributed by atoms with Gasteiger partial charge in [-0.2, -0.15) is 0 Å². The fraction of sp³-hybridized carbons (Fsp3) is 0.688. The van der Waals surface area contributed by atoms with Gasteiger partial charge in [0.05, 0.1) is 12.9 Å². The number of nitrogen functional groups attached to an aromatic ring is 1. The summed E-state index contributed by atoms with van der Waals surface area (Å²) in [5.41, 5.74) is 6.04. The number of aliphatic hydroxyl groups excluding tert-OH is 2. The van der Waals surface area contributed by atoms with Gasteiger partial charge in [-0.1, -0.05) is 26.2 Å². The highest BCUT2D eigenvalue weighted by Crippen LogP contribution is 2.62. The predicted molar refractivity (Wildman–Crippen MR) is 116 cm³/mol. The van der Waals surface area contributed by atoms with Gasteiger partial charge >= 0.3 is 0 Å². The summed E-state index contributed by atoms with van der Waals surface area (Å²) in [5.74, 6) is 0.0453. The van der Waals surface area contributed by atoms with Crippen LogP contribution in [-0.4, -0.2) is 60.8 Å². The van der Waals surface area contributed by atoms with Crippen molar-refractivity contribution in [2.75, 3.05) is 18.5 Å². The normalized spacial score (nSPS) is 27.5. The molecule has 0 spiro atoms. The number of rotatable bonds is 13. The molecule has 17 nitrogen and oxygen atoms in total. The molecule has 3 rings (SSSR count). The molecule has 20 heteroatoms. The number of nitrogens with two attached hydrogens (primary N) is 1. The number of ether oxygens (including phenoxy) is 1. The zero-order valence-corrected chi connectivity index (χ0v) is 21.6. The Labute approximate surface area is 205 Å². The summed E-state index contributed by atoms with van der Waals surface area (Å²) in [6.07, 6.45) is -2.22. The maximum atomic E-state index is 12.0. The van der Waals surface area contributed by atoms with E-state index >= 15 is 0 Å². The third kappa shape index (κ3) is 7.38. The Morgan fingerprint density at radius 1 is 1.06 bits per heavy atom. The van der Waals surface area contributed by atoms with E-state index in [1.807, 2.05) is 6.92 Å². The van der Waals surface area contributed by atoms with E-state index in [9.17, 15) is 38.6 Å². The Bertz CT molecular complexity index is 1200. The summed E-state index contributed by atoms with van der Waals surface area (Å²) >= 11 is 0. The van der Waals surface area contributed by atoms with Crippen LogP contribution in [0.15, 0.2) is 12.7 Å². The van der Waals surface area contributed by atoms with Crippen LogP contribution in [0.1, 0.15) is 38.8 Å². The molecule has 3 heterocycles. The van der Waals surface area contributed by atoms with Crippen molar-refractivity contribution < 1.29 is 56.5 Å². The largest absolute Gasteiger partial charge is 0.778 e. The van der Waals surface area contributed by atoms with Gasteiger partial charge in [0.2, 0.25) is 0 Å². The van der Waals surface area contributed by atoms with Gasteiger partial charge in [0.25, 0.3) is 15.6 Å². The van der Waals surface area contributed by atoms with E-state index in [0.29, 0.717) is 6.42 Å². The lowest BCUT2D eigenvalue weighted by atomic mass is 10.1. The second-order valence-corrected chi connectivity index (χ2v) is 12.9. The van der Waals surface area contributed by atoms with Gasteiger partial charge in [0.1, 0.15) is 37.8 Å². The first-order valence-corrected chi connectivity index (χ1v) is 15.3. The fourth-order valence-electron chi connectivity index (χ4n) is 3.40. The van der Waals surface area contributed by atoms with Crippen molar-refractivity contribution >= 4 is 40.2 Å². The van der Waals surface area contributed by atoms with E-state index in [1.54, 1.807) is 0 Å². The summed E-state index contributed by atoms with van der Waals surface area (Å²) in [4.78, 5) is 47.4. The van der Waals surface area contributed by atoms with Crippen molar-refractivity contribution in [2.45, 2.75) is 57.1 Å². The number of phosphoric ester groups is 1. The Morgan fingerprint density at radius 3 is 2.47 bits per heavy atom. The van der Waals surface area contributed by atoms with Gasteiger partial charge in [-0.25, -0.2) is 19.3 Å². The quantitative estimate of drug-likeness (QED) is 0.195. The highest BCUT2D eigenvalue weighted by molar-refractivity contribution is 7.66. The van der Waals surface area contributed by atoms with Crippen molar-refractivity contribution in [3.05, 3.63) is 12.7 Å². The molecule has 0 aromatic carbocycles. The molecule has 2 aromatic heterocycles. The standard InChI is InChI=1S/C16H28N5O12P3/c1-2-3-4-5-6-34(24,25)32-36(28,29)33-35(26,27)30-7-10-12(22)13(23)16(31-10)21-9-20-11-14(17)18-8-19-15(11)21/h8-10,12-13,16,22-23H,2-7H2,1H3,(H,24,25)(H,26,27)(H,28,29)(H2,17,18,19)/p-3/t10-,12+,13?,16-/m1/s1. The molecule has 0 bridgehead atoms. The number of fused-ring (bicyclic) bond motifs is 1. The van der Waals surface area contributed by atoms with E-state index in [-0.39, 0.29) is 23.4 Å². The van der Waals surface area contributed by atoms with Crippen molar-refractivity contribution in [1.29, 1.82) is 0 Å². The number of hydrogen-bond donors (Lipinski definition) is 3. The van der Waals surface area contributed by atoms with Crippen LogP contribution >= 0.6 is 23.2 Å². The monoisotopic (exact) mass is 572 g/mol. The second kappa shape index (κ2) is 11.6. The number of imidazole rings is 1. The number of aliphatic hydroxyl groups is 2. The van der Waals surface area contributed by atoms with Crippen LogP contribution in [0.3, 0.4) is 0 Å². The number of aromatic nitrogens is 4. The van der Waals surface area contributed by atoms with Crippen LogP contribution in [0.2, 0.25) is 0 Å². The number of hydrogen-bond acceptors (Lipinski definition) is 16. The molecular formula is C16H25N5O12P3-3. The molecule has 1 fully saturated rings. The molecule has 1 aliphatic rings. The average Bonchev–Trinajstić information content (AvgIpc) is 3.31. The summed E-state index contributed by atoms with van der Waals surface area (Å²) in [6, 6.07) is 0. The molecule has 1 aliphatic heterocycles. The summed E-state index contributed by atoms with van der Waals surface area (Å²) in [6.45, 7) is 0.894. The van der Waals surface area contributed by atoms with E-state index < -0.39 is 60.5 Å². The average molecular weight is 572 g/mol. The van der Waals surface area contributed by atoms with Gasteiger partial charge < -0.3 is 44.5 Å². The minimum absolute atomic E-state index is 0.0453. The van der Waals surface area contributed by atoms with E-state index in [1.165, 1.54) is 10.9 Å². The molecule has 7 atom stereocenters. The Morgan fingerprint density at radius 2 is 1.78 bits per heavy atom. The minimum atomic E-state index is -5.88. The van der Waals surface area contributed by atoms with Crippen LogP contribution in [0.4, 0.5) is 5.82 Å². The van der Waals surface area contributed by atoms with Crippen molar-refractivity contribution in [1.82, 2.24) is 19.5 Å². The number of phosphoric acid groups is 2.